The van der Waals surface area contributed by atoms with Gasteiger partial charge in [-0.25, -0.2) is 0 Å². The zero-order valence-corrected chi connectivity index (χ0v) is 13.9. The molecule has 0 radical (unpaired) electrons. The zero-order valence-electron chi connectivity index (χ0n) is 13.9. The predicted molar refractivity (Wildman–Crippen MR) is 89.9 cm³/mol. The number of anilines is 1. The van der Waals surface area contributed by atoms with Gasteiger partial charge in [0.1, 0.15) is 5.82 Å². The second kappa shape index (κ2) is 7.09. The molecule has 0 aliphatic rings. The lowest BCUT2D eigenvalue weighted by Crippen LogP contribution is -2.34. The molecule has 2 N–H and O–H groups in total. The van der Waals surface area contributed by atoms with Gasteiger partial charge in [-0.05, 0) is 19.4 Å². The third-order valence-electron chi connectivity index (χ3n) is 3.48. The van der Waals surface area contributed by atoms with Crippen LogP contribution in [0.5, 0.6) is 0 Å². The van der Waals surface area contributed by atoms with E-state index in [0.717, 1.165) is 16.8 Å². The summed E-state index contributed by atoms with van der Waals surface area (Å²) >= 11 is 0. The maximum Gasteiger partial charge on any atom is 0.227 e. The van der Waals surface area contributed by atoms with Crippen LogP contribution in [0.4, 0.5) is 5.82 Å². The highest BCUT2D eigenvalue weighted by Gasteiger charge is 2.18. The van der Waals surface area contributed by atoms with Crippen LogP contribution in [0.3, 0.4) is 0 Å². The molecule has 23 heavy (non-hydrogen) atoms. The van der Waals surface area contributed by atoms with Crippen molar-refractivity contribution in [1.29, 1.82) is 0 Å². The molecule has 0 fully saturated rings. The molecule has 0 bridgehead atoms. The quantitative estimate of drug-likeness (QED) is 0.888. The van der Waals surface area contributed by atoms with Crippen LogP contribution >= 0.6 is 0 Å². The lowest BCUT2D eigenvalue weighted by molar-refractivity contribution is -0.120. The summed E-state index contributed by atoms with van der Waals surface area (Å²) in [5.41, 5.74) is 2.76. The Bertz CT molecular complexity index is 707. The molecule has 0 spiro atoms. The third kappa shape index (κ3) is 4.18. The van der Waals surface area contributed by atoms with E-state index in [-0.39, 0.29) is 24.3 Å². The average molecular weight is 314 g/mol. The first kappa shape index (κ1) is 16.7. The standard InChI is InChI=1S/C17H22N4O2/c1-11(18-13(3)22)10-15(23)19-17-16(12(2)20-21(17)4)14-8-6-5-7-9-14/h5-9,11H,10H2,1-4H3,(H,18,22)(H,19,23). The van der Waals surface area contributed by atoms with Gasteiger partial charge in [-0.3, -0.25) is 14.3 Å². The largest absolute Gasteiger partial charge is 0.353 e. The van der Waals surface area contributed by atoms with Crippen molar-refractivity contribution in [3.63, 3.8) is 0 Å². The Morgan fingerprint density at radius 2 is 1.91 bits per heavy atom. The number of amides is 2. The van der Waals surface area contributed by atoms with E-state index in [1.165, 1.54) is 6.92 Å². The van der Waals surface area contributed by atoms with E-state index in [9.17, 15) is 9.59 Å². The minimum Gasteiger partial charge on any atom is -0.353 e. The molecule has 0 saturated carbocycles. The minimum atomic E-state index is -0.220. The maximum absolute atomic E-state index is 12.2. The number of hydrogen-bond acceptors (Lipinski definition) is 3. The van der Waals surface area contributed by atoms with E-state index >= 15 is 0 Å². The fraction of sp³-hybridized carbons (Fsp3) is 0.353. The van der Waals surface area contributed by atoms with Crippen LogP contribution in [-0.2, 0) is 16.6 Å². The van der Waals surface area contributed by atoms with Crippen molar-refractivity contribution >= 4 is 17.6 Å². The van der Waals surface area contributed by atoms with Crippen molar-refractivity contribution in [1.82, 2.24) is 15.1 Å². The Kier molecular flexibility index (Phi) is 5.16. The molecule has 0 saturated heterocycles. The molecule has 1 aromatic carbocycles. The first-order valence-corrected chi connectivity index (χ1v) is 7.54. The van der Waals surface area contributed by atoms with Gasteiger partial charge >= 0.3 is 0 Å². The highest BCUT2D eigenvalue weighted by Crippen LogP contribution is 2.30. The highest BCUT2D eigenvalue weighted by atomic mass is 16.2. The van der Waals surface area contributed by atoms with Crippen LogP contribution in [0.15, 0.2) is 30.3 Å². The Balaban J connectivity index is 2.20. The molecular weight excluding hydrogens is 292 g/mol. The highest BCUT2D eigenvalue weighted by molar-refractivity contribution is 5.95. The first-order valence-electron chi connectivity index (χ1n) is 7.54. The Hall–Kier alpha value is -2.63. The van der Waals surface area contributed by atoms with E-state index in [1.54, 1.807) is 18.7 Å². The molecular formula is C17H22N4O2. The number of benzene rings is 1. The summed E-state index contributed by atoms with van der Waals surface area (Å²) in [7, 11) is 1.80. The number of hydrogen-bond donors (Lipinski definition) is 2. The average Bonchev–Trinajstić information content (AvgIpc) is 2.73. The van der Waals surface area contributed by atoms with Crippen molar-refractivity contribution in [3.8, 4) is 11.1 Å². The molecule has 6 heteroatoms. The van der Waals surface area contributed by atoms with Crippen LogP contribution in [0.1, 0.15) is 26.0 Å². The molecule has 1 atom stereocenters. The van der Waals surface area contributed by atoms with Crippen LogP contribution in [0, 0.1) is 6.92 Å². The van der Waals surface area contributed by atoms with E-state index in [0.29, 0.717) is 5.82 Å². The maximum atomic E-state index is 12.2. The topological polar surface area (TPSA) is 76.0 Å². The number of rotatable bonds is 5. The number of nitrogens with one attached hydrogen (secondary N) is 2. The normalized spacial score (nSPS) is 11.8. The van der Waals surface area contributed by atoms with Gasteiger partial charge in [0.15, 0.2) is 0 Å². The van der Waals surface area contributed by atoms with Gasteiger partial charge in [-0.1, -0.05) is 30.3 Å². The van der Waals surface area contributed by atoms with Crippen LogP contribution < -0.4 is 10.6 Å². The molecule has 6 nitrogen and oxygen atoms in total. The smallest absolute Gasteiger partial charge is 0.227 e. The number of nitrogens with zero attached hydrogens (tertiary/aromatic N) is 2. The number of aromatic nitrogens is 2. The Morgan fingerprint density at radius 1 is 1.26 bits per heavy atom. The SMILES string of the molecule is CC(=O)NC(C)CC(=O)Nc1c(-c2ccccc2)c(C)nn1C. The van der Waals surface area contributed by atoms with E-state index in [2.05, 4.69) is 15.7 Å². The molecule has 1 aromatic heterocycles. The number of carbonyl (C=O) groups excluding carboxylic acids is 2. The Labute approximate surface area is 135 Å². The molecule has 2 rings (SSSR count). The molecule has 1 heterocycles. The molecule has 0 aliphatic heterocycles. The van der Waals surface area contributed by atoms with Crippen molar-refractivity contribution in [2.45, 2.75) is 33.2 Å². The van der Waals surface area contributed by atoms with Gasteiger partial charge in [0, 0.05) is 32.0 Å². The van der Waals surface area contributed by atoms with Gasteiger partial charge in [0.05, 0.1) is 5.69 Å². The minimum absolute atomic E-state index is 0.147. The summed E-state index contributed by atoms with van der Waals surface area (Å²) in [6.07, 6.45) is 0.206. The van der Waals surface area contributed by atoms with Crippen LogP contribution in [0.25, 0.3) is 11.1 Å². The monoisotopic (exact) mass is 314 g/mol. The fourth-order valence-electron chi connectivity index (χ4n) is 2.61. The van der Waals surface area contributed by atoms with Crippen molar-refractivity contribution in [3.05, 3.63) is 36.0 Å². The lowest BCUT2D eigenvalue weighted by Gasteiger charge is -2.13. The second-order valence-corrected chi connectivity index (χ2v) is 5.65. The molecule has 122 valence electrons. The zero-order chi connectivity index (χ0) is 17.0. The summed E-state index contributed by atoms with van der Waals surface area (Å²) in [5.74, 6) is 0.354. The van der Waals surface area contributed by atoms with Gasteiger partial charge in [0.25, 0.3) is 0 Å². The molecule has 0 aliphatic carbocycles. The molecule has 2 amide bonds. The summed E-state index contributed by atoms with van der Waals surface area (Å²) in [4.78, 5) is 23.3. The van der Waals surface area contributed by atoms with Crippen LogP contribution in [-0.4, -0.2) is 27.6 Å². The number of aryl methyl sites for hydroxylation is 2. The molecule has 1 unspecified atom stereocenters. The van der Waals surface area contributed by atoms with Crippen LogP contribution in [0.2, 0.25) is 0 Å². The van der Waals surface area contributed by atoms with Crippen molar-refractivity contribution in [2.75, 3.05) is 5.32 Å². The molecule has 2 aromatic rings. The lowest BCUT2D eigenvalue weighted by atomic mass is 10.1. The van der Waals surface area contributed by atoms with Gasteiger partial charge < -0.3 is 10.6 Å². The second-order valence-electron chi connectivity index (χ2n) is 5.65. The number of carbonyl (C=O) groups is 2. The Morgan fingerprint density at radius 3 is 2.52 bits per heavy atom. The van der Waals surface area contributed by atoms with Crippen molar-refractivity contribution < 1.29 is 9.59 Å². The fourth-order valence-corrected chi connectivity index (χ4v) is 2.61. The van der Waals surface area contributed by atoms with Gasteiger partial charge in [-0.15, -0.1) is 0 Å². The van der Waals surface area contributed by atoms with E-state index < -0.39 is 0 Å². The summed E-state index contributed by atoms with van der Waals surface area (Å²) in [5, 5.41) is 10.0. The summed E-state index contributed by atoms with van der Waals surface area (Å²) in [6.45, 7) is 5.15. The van der Waals surface area contributed by atoms with E-state index in [1.807, 2.05) is 37.3 Å². The van der Waals surface area contributed by atoms with Crippen molar-refractivity contribution in [2.24, 2.45) is 7.05 Å². The summed E-state index contributed by atoms with van der Waals surface area (Å²) in [6, 6.07) is 9.60. The van der Waals surface area contributed by atoms with Gasteiger partial charge in [-0.2, -0.15) is 5.10 Å². The predicted octanol–water partition coefficient (Wildman–Crippen LogP) is 2.25. The third-order valence-corrected chi connectivity index (χ3v) is 3.48. The summed E-state index contributed by atoms with van der Waals surface area (Å²) < 4.78 is 1.67. The van der Waals surface area contributed by atoms with Gasteiger partial charge in [0.2, 0.25) is 11.8 Å². The first-order chi connectivity index (χ1) is 10.9. The van der Waals surface area contributed by atoms with E-state index in [4.69, 9.17) is 0 Å².